The second-order valence-corrected chi connectivity index (χ2v) is 7.79. The van der Waals surface area contributed by atoms with Gasteiger partial charge in [-0.3, -0.25) is 9.59 Å². The zero-order chi connectivity index (χ0) is 22.6. The number of carbonyl (C=O) groups excluding carboxylic acids is 2. The van der Waals surface area contributed by atoms with Crippen LogP contribution in [0, 0.1) is 5.92 Å². The molecular formula is C24H26F3NO3. The molecule has 1 fully saturated rings. The van der Waals surface area contributed by atoms with Gasteiger partial charge in [-0.25, -0.2) is 0 Å². The number of nitrogens with zero attached hydrogens (tertiary/aromatic N) is 1. The minimum atomic E-state index is -4.46. The molecule has 0 heterocycles. The van der Waals surface area contributed by atoms with E-state index in [0.29, 0.717) is 24.1 Å². The minimum Gasteiger partial charge on any atom is -0.466 e. The van der Waals surface area contributed by atoms with Gasteiger partial charge in [0.05, 0.1) is 12.2 Å². The number of hydrogen-bond acceptors (Lipinski definition) is 3. The van der Waals surface area contributed by atoms with Gasteiger partial charge in [0.25, 0.3) is 0 Å². The van der Waals surface area contributed by atoms with Crippen molar-refractivity contribution in [1.29, 1.82) is 0 Å². The lowest BCUT2D eigenvalue weighted by Crippen LogP contribution is -2.31. The Labute approximate surface area is 180 Å². The Morgan fingerprint density at radius 3 is 2.48 bits per heavy atom. The number of alkyl halides is 3. The fraction of sp³-hybridized carbons (Fsp3) is 0.417. The van der Waals surface area contributed by atoms with Crippen LogP contribution in [0.3, 0.4) is 0 Å². The monoisotopic (exact) mass is 433 g/mol. The number of hydrogen-bond donors (Lipinski definition) is 0. The average molecular weight is 433 g/mol. The molecule has 2 aromatic carbocycles. The van der Waals surface area contributed by atoms with Gasteiger partial charge in [-0.2, -0.15) is 13.2 Å². The largest absolute Gasteiger partial charge is 0.466 e. The van der Waals surface area contributed by atoms with Gasteiger partial charge in [0, 0.05) is 32.4 Å². The predicted octanol–water partition coefficient (Wildman–Crippen LogP) is 5.24. The Hall–Kier alpha value is -2.83. The summed E-state index contributed by atoms with van der Waals surface area (Å²) < 4.78 is 45.1. The Balaban J connectivity index is 1.93. The van der Waals surface area contributed by atoms with Crippen LogP contribution in [0.4, 0.5) is 13.2 Å². The smallest absolute Gasteiger partial charge is 0.416 e. The molecule has 0 aliphatic heterocycles. The maximum Gasteiger partial charge on any atom is 0.416 e. The summed E-state index contributed by atoms with van der Waals surface area (Å²) in [6.45, 7) is 3.98. The number of rotatable bonds is 8. The predicted molar refractivity (Wildman–Crippen MR) is 111 cm³/mol. The first-order valence-electron chi connectivity index (χ1n) is 10.4. The van der Waals surface area contributed by atoms with Gasteiger partial charge in [0.15, 0.2) is 0 Å². The summed E-state index contributed by atoms with van der Waals surface area (Å²) in [5.41, 5.74) is 2.06. The number of halogens is 3. The van der Waals surface area contributed by atoms with E-state index in [1.54, 1.807) is 4.90 Å². The molecule has 1 aliphatic rings. The number of benzene rings is 2. The molecule has 3 rings (SSSR count). The Morgan fingerprint density at radius 2 is 1.87 bits per heavy atom. The average Bonchev–Trinajstić information content (AvgIpc) is 3.56. The first-order valence-corrected chi connectivity index (χ1v) is 10.4. The van der Waals surface area contributed by atoms with Crippen LogP contribution in [0.1, 0.15) is 43.4 Å². The maximum absolute atomic E-state index is 13.4. The van der Waals surface area contributed by atoms with E-state index in [1.807, 2.05) is 31.2 Å². The molecule has 0 unspecified atom stereocenters. The third-order valence-electron chi connectivity index (χ3n) is 5.35. The molecule has 4 nitrogen and oxygen atoms in total. The van der Waals surface area contributed by atoms with Crippen molar-refractivity contribution in [1.82, 2.24) is 4.90 Å². The fourth-order valence-electron chi connectivity index (χ4n) is 3.53. The molecule has 0 N–H and O–H groups in total. The van der Waals surface area contributed by atoms with Crippen molar-refractivity contribution < 1.29 is 27.5 Å². The van der Waals surface area contributed by atoms with E-state index in [4.69, 9.17) is 4.74 Å². The standard InChI is InChI=1S/C24H26F3NO3/c1-3-28(23(30)18-7-8-18)15-20-14-21(24(25,26)27)9-10-22(20)19-6-4-5-17(13-19)11-12-31-16(2)29/h4-6,9-10,13-14,18H,3,7-8,11-12,15H2,1-2H3. The highest BCUT2D eigenvalue weighted by Crippen LogP contribution is 2.36. The molecule has 7 heteroatoms. The van der Waals surface area contributed by atoms with Gasteiger partial charge in [-0.1, -0.05) is 30.3 Å². The van der Waals surface area contributed by atoms with Gasteiger partial charge in [-0.05, 0) is 54.2 Å². The molecule has 2 aromatic rings. The zero-order valence-corrected chi connectivity index (χ0v) is 17.7. The van der Waals surface area contributed by atoms with Crippen LogP contribution in [0.15, 0.2) is 42.5 Å². The Bertz CT molecular complexity index is 951. The molecule has 1 amide bonds. The molecule has 0 atom stereocenters. The van der Waals surface area contributed by atoms with Crippen LogP contribution in [0.25, 0.3) is 11.1 Å². The minimum absolute atomic E-state index is 0.000920. The van der Waals surface area contributed by atoms with Crippen molar-refractivity contribution in [2.45, 2.75) is 45.8 Å². The topological polar surface area (TPSA) is 46.6 Å². The quantitative estimate of drug-likeness (QED) is 0.535. The second kappa shape index (κ2) is 9.54. The normalized spacial score (nSPS) is 13.7. The van der Waals surface area contributed by atoms with E-state index in [0.717, 1.165) is 36.1 Å². The Kier molecular flexibility index (Phi) is 7.03. The lowest BCUT2D eigenvalue weighted by atomic mass is 9.95. The van der Waals surface area contributed by atoms with Crippen molar-refractivity contribution in [2.75, 3.05) is 13.2 Å². The van der Waals surface area contributed by atoms with Gasteiger partial charge in [0.2, 0.25) is 5.91 Å². The number of carbonyl (C=O) groups is 2. The molecule has 0 saturated heterocycles. The molecule has 0 bridgehead atoms. The van der Waals surface area contributed by atoms with Gasteiger partial charge in [0.1, 0.15) is 0 Å². The van der Waals surface area contributed by atoms with Crippen LogP contribution in [-0.4, -0.2) is 29.9 Å². The van der Waals surface area contributed by atoms with E-state index < -0.39 is 11.7 Å². The summed E-state index contributed by atoms with van der Waals surface area (Å²) in [6, 6.07) is 11.1. The summed E-state index contributed by atoms with van der Waals surface area (Å²) in [5, 5.41) is 0. The molecular weight excluding hydrogens is 407 g/mol. The van der Waals surface area contributed by atoms with Crippen molar-refractivity contribution in [2.24, 2.45) is 5.92 Å². The lowest BCUT2D eigenvalue weighted by molar-refractivity contribution is -0.141. The molecule has 1 aliphatic carbocycles. The van der Waals surface area contributed by atoms with Crippen LogP contribution in [-0.2, 0) is 33.5 Å². The zero-order valence-electron chi connectivity index (χ0n) is 17.7. The first kappa shape index (κ1) is 22.8. The second-order valence-electron chi connectivity index (χ2n) is 7.79. The van der Waals surface area contributed by atoms with Crippen molar-refractivity contribution in [3.05, 3.63) is 59.2 Å². The number of esters is 1. The maximum atomic E-state index is 13.4. The molecule has 0 spiro atoms. The third-order valence-corrected chi connectivity index (χ3v) is 5.35. The summed E-state index contributed by atoms with van der Waals surface area (Å²) >= 11 is 0. The van der Waals surface area contributed by atoms with Gasteiger partial charge < -0.3 is 9.64 Å². The van der Waals surface area contributed by atoms with E-state index in [1.165, 1.54) is 13.0 Å². The highest BCUT2D eigenvalue weighted by atomic mass is 19.4. The lowest BCUT2D eigenvalue weighted by Gasteiger charge is -2.23. The third kappa shape index (κ3) is 6.09. The molecule has 0 aromatic heterocycles. The summed E-state index contributed by atoms with van der Waals surface area (Å²) in [4.78, 5) is 25.2. The van der Waals surface area contributed by atoms with E-state index >= 15 is 0 Å². The van der Waals surface area contributed by atoms with E-state index in [9.17, 15) is 22.8 Å². The fourth-order valence-corrected chi connectivity index (χ4v) is 3.53. The summed E-state index contributed by atoms with van der Waals surface area (Å²) in [7, 11) is 0. The highest BCUT2D eigenvalue weighted by Gasteiger charge is 2.34. The van der Waals surface area contributed by atoms with Crippen LogP contribution >= 0.6 is 0 Å². The number of ether oxygens (including phenoxy) is 1. The highest BCUT2D eigenvalue weighted by molar-refractivity contribution is 5.81. The SMILES string of the molecule is CCN(Cc1cc(C(F)(F)F)ccc1-c1cccc(CCOC(C)=O)c1)C(=O)C1CC1. The van der Waals surface area contributed by atoms with Crippen molar-refractivity contribution >= 4 is 11.9 Å². The van der Waals surface area contributed by atoms with E-state index in [-0.39, 0.29) is 30.9 Å². The number of amides is 1. The molecule has 0 radical (unpaired) electrons. The molecule has 31 heavy (non-hydrogen) atoms. The van der Waals surface area contributed by atoms with Crippen molar-refractivity contribution in [3.8, 4) is 11.1 Å². The van der Waals surface area contributed by atoms with Gasteiger partial charge >= 0.3 is 12.1 Å². The van der Waals surface area contributed by atoms with Crippen molar-refractivity contribution in [3.63, 3.8) is 0 Å². The Morgan fingerprint density at radius 1 is 1.13 bits per heavy atom. The van der Waals surface area contributed by atoms with Crippen LogP contribution in [0.5, 0.6) is 0 Å². The van der Waals surface area contributed by atoms with Gasteiger partial charge in [-0.15, -0.1) is 0 Å². The first-order chi connectivity index (χ1) is 14.7. The summed E-state index contributed by atoms with van der Waals surface area (Å²) in [5.74, 6) is -0.360. The summed E-state index contributed by atoms with van der Waals surface area (Å²) in [6.07, 6.45) is -2.27. The molecule has 1 saturated carbocycles. The van der Waals surface area contributed by atoms with E-state index in [2.05, 4.69) is 0 Å². The van der Waals surface area contributed by atoms with Crippen LogP contribution in [0.2, 0.25) is 0 Å². The van der Waals surface area contributed by atoms with Crippen LogP contribution < -0.4 is 0 Å². The molecule has 166 valence electrons.